The molecule has 0 radical (unpaired) electrons. The van der Waals surface area contributed by atoms with Crippen molar-refractivity contribution in [2.75, 3.05) is 44.6 Å². The van der Waals surface area contributed by atoms with Crippen molar-refractivity contribution < 1.29 is 27.5 Å². The molecule has 172 valence electrons. The van der Waals surface area contributed by atoms with Crippen molar-refractivity contribution in [3.63, 3.8) is 0 Å². The summed E-state index contributed by atoms with van der Waals surface area (Å²) < 4.78 is 44.3. The van der Waals surface area contributed by atoms with Crippen LogP contribution in [-0.2, 0) is 22.2 Å². The van der Waals surface area contributed by atoms with Crippen molar-refractivity contribution in [2.24, 2.45) is 0 Å². The normalized spacial score (nSPS) is 14.8. The highest BCUT2D eigenvalue weighted by atomic mass is 19.4. The van der Waals surface area contributed by atoms with E-state index in [-0.39, 0.29) is 24.1 Å². The Labute approximate surface area is 184 Å². The Kier molecular flexibility index (Phi) is 7.74. The molecule has 2 aromatic rings. The third-order valence-electron chi connectivity index (χ3n) is 5.31. The van der Waals surface area contributed by atoms with Crippen LogP contribution in [0, 0.1) is 0 Å². The lowest BCUT2D eigenvalue weighted by atomic mass is 10.1. The number of alkyl halides is 3. The molecule has 2 aromatic carbocycles. The van der Waals surface area contributed by atoms with E-state index in [1.807, 2.05) is 36.1 Å². The van der Waals surface area contributed by atoms with E-state index in [0.717, 1.165) is 23.7 Å². The molecule has 2 amide bonds. The van der Waals surface area contributed by atoms with Crippen LogP contribution in [0.15, 0.2) is 48.5 Å². The lowest BCUT2D eigenvalue weighted by Crippen LogP contribution is -2.51. The standard InChI is InChI=1S/C23H26F3N3O3/c1-2-17-7-3-5-9-19(17)27-21(30)15-28-11-13-29(14-12-28)22(31)16-32-20-10-6-4-8-18(20)23(24,25)26/h3-10H,2,11-16H2,1H3,(H,27,30). The second-order valence-electron chi connectivity index (χ2n) is 7.50. The molecular formula is C23H26F3N3O3. The van der Waals surface area contributed by atoms with Crippen LogP contribution >= 0.6 is 0 Å². The van der Waals surface area contributed by atoms with E-state index in [4.69, 9.17) is 4.74 Å². The van der Waals surface area contributed by atoms with E-state index in [1.165, 1.54) is 23.1 Å². The first-order valence-corrected chi connectivity index (χ1v) is 10.4. The fraction of sp³-hybridized carbons (Fsp3) is 0.391. The number of rotatable bonds is 7. The molecule has 1 heterocycles. The number of halogens is 3. The summed E-state index contributed by atoms with van der Waals surface area (Å²) in [5.41, 5.74) is 0.946. The van der Waals surface area contributed by atoms with Gasteiger partial charge in [0, 0.05) is 31.9 Å². The van der Waals surface area contributed by atoms with Crippen molar-refractivity contribution in [1.82, 2.24) is 9.80 Å². The van der Waals surface area contributed by atoms with Gasteiger partial charge in [-0.25, -0.2) is 0 Å². The number of carbonyl (C=O) groups is 2. The Balaban J connectivity index is 1.45. The van der Waals surface area contributed by atoms with Gasteiger partial charge >= 0.3 is 6.18 Å². The molecule has 1 fully saturated rings. The molecule has 9 heteroatoms. The van der Waals surface area contributed by atoms with Crippen LogP contribution in [0.5, 0.6) is 5.75 Å². The highest BCUT2D eigenvalue weighted by molar-refractivity contribution is 5.93. The third kappa shape index (κ3) is 6.23. The van der Waals surface area contributed by atoms with Gasteiger partial charge in [0.05, 0.1) is 12.1 Å². The monoisotopic (exact) mass is 449 g/mol. The molecule has 0 atom stereocenters. The molecule has 1 saturated heterocycles. The van der Waals surface area contributed by atoms with E-state index >= 15 is 0 Å². The first kappa shape index (κ1) is 23.6. The minimum Gasteiger partial charge on any atom is -0.483 e. The van der Waals surface area contributed by atoms with Crippen LogP contribution in [0.4, 0.5) is 18.9 Å². The molecule has 3 rings (SSSR count). The van der Waals surface area contributed by atoms with Crippen molar-refractivity contribution in [3.05, 3.63) is 59.7 Å². The second kappa shape index (κ2) is 10.5. The lowest BCUT2D eigenvalue weighted by molar-refractivity contribution is -0.141. The number of nitrogens with one attached hydrogen (secondary N) is 1. The summed E-state index contributed by atoms with van der Waals surface area (Å²) >= 11 is 0. The highest BCUT2D eigenvalue weighted by Gasteiger charge is 2.34. The summed E-state index contributed by atoms with van der Waals surface area (Å²) in [7, 11) is 0. The maximum absolute atomic E-state index is 13.0. The molecule has 6 nitrogen and oxygen atoms in total. The molecule has 0 bridgehead atoms. The lowest BCUT2D eigenvalue weighted by Gasteiger charge is -2.34. The topological polar surface area (TPSA) is 61.9 Å². The molecule has 0 saturated carbocycles. The Hall–Kier alpha value is -3.07. The maximum atomic E-state index is 13.0. The fourth-order valence-electron chi connectivity index (χ4n) is 3.56. The van der Waals surface area contributed by atoms with Gasteiger partial charge in [0.1, 0.15) is 5.75 Å². The summed E-state index contributed by atoms with van der Waals surface area (Å²) in [5.74, 6) is -0.878. The van der Waals surface area contributed by atoms with Crippen molar-refractivity contribution >= 4 is 17.5 Å². The van der Waals surface area contributed by atoms with E-state index in [0.29, 0.717) is 26.2 Å². The summed E-state index contributed by atoms with van der Waals surface area (Å²) in [6.45, 7) is 3.49. The summed E-state index contributed by atoms with van der Waals surface area (Å²) in [4.78, 5) is 28.3. The number of aryl methyl sites for hydroxylation is 1. The number of piperazine rings is 1. The highest BCUT2D eigenvalue weighted by Crippen LogP contribution is 2.35. The van der Waals surface area contributed by atoms with Gasteiger partial charge < -0.3 is 15.0 Å². The number of hydrogen-bond donors (Lipinski definition) is 1. The Bertz CT molecular complexity index is 941. The summed E-state index contributed by atoms with van der Waals surface area (Å²) in [6.07, 6.45) is -3.74. The number of ether oxygens (including phenoxy) is 1. The number of amides is 2. The Morgan fingerprint density at radius 1 is 1.00 bits per heavy atom. The smallest absolute Gasteiger partial charge is 0.419 e. The van der Waals surface area contributed by atoms with Crippen LogP contribution in [0.1, 0.15) is 18.1 Å². The minimum absolute atomic E-state index is 0.127. The molecule has 0 spiro atoms. The summed E-state index contributed by atoms with van der Waals surface area (Å²) in [5, 5.41) is 2.93. The number of anilines is 1. The number of benzene rings is 2. The number of carbonyl (C=O) groups excluding carboxylic acids is 2. The first-order chi connectivity index (χ1) is 15.3. The molecule has 1 N–H and O–H groups in total. The number of para-hydroxylation sites is 2. The van der Waals surface area contributed by atoms with Crippen LogP contribution in [0.2, 0.25) is 0 Å². The van der Waals surface area contributed by atoms with Gasteiger partial charge in [-0.2, -0.15) is 13.2 Å². The van der Waals surface area contributed by atoms with E-state index in [9.17, 15) is 22.8 Å². The van der Waals surface area contributed by atoms with Gasteiger partial charge in [0.2, 0.25) is 5.91 Å². The van der Waals surface area contributed by atoms with E-state index < -0.39 is 18.3 Å². The van der Waals surface area contributed by atoms with Gasteiger partial charge in [-0.15, -0.1) is 0 Å². The Morgan fingerprint density at radius 3 is 2.34 bits per heavy atom. The van der Waals surface area contributed by atoms with Gasteiger partial charge in [-0.1, -0.05) is 37.3 Å². The van der Waals surface area contributed by atoms with Crippen molar-refractivity contribution in [1.29, 1.82) is 0 Å². The average Bonchev–Trinajstić information content (AvgIpc) is 2.78. The molecule has 0 aromatic heterocycles. The van der Waals surface area contributed by atoms with Crippen molar-refractivity contribution in [3.8, 4) is 5.75 Å². The van der Waals surface area contributed by atoms with Crippen LogP contribution in [0.25, 0.3) is 0 Å². The largest absolute Gasteiger partial charge is 0.483 e. The predicted molar refractivity (Wildman–Crippen MR) is 114 cm³/mol. The zero-order valence-electron chi connectivity index (χ0n) is 17.8. The zero-order chi connectivity index (χ0) is 23.1. The SMILES string of the molecule is CCc1ccccc1NC(=O)CN1CCN(C(=O)COc2ccccc2C(F)(F)F)CC1. The van der Waals surface area contributed by atoms with Crippen LogP contribution in [-0.4, -0.2) is 60.9 Å². The maximum Gasteiger partial charge on any atom is 0.419 e. The summed E-state index contributed by atoms with van der Waals surface area (Å²) in [6, 6.07) is 12.4. The molecule has 1 aliphatic heterocycles. The predicted octanol–water partition coefficient (Wildman–Crippen LogP) is 3.43. The second-order valence-corrected chi connectivity index (χ2v) is 7.50. The van der Waals surface area contributed by atoms with Gasteiger partial charge in [0.15, 0.2) is 6.61 Å². The average molecular weight is 449 g/mol. The number of hydrogen-bond acceptors (Lipinski definition) is 4. The van der Waals surface area contributed by atoms with Gasteiger partial charge in [-0.05, 0) is 30.2 Å². The molecule has 32 heavy (non-hydrogen) atoms. The van der Waals surface area contributed by atoms with E-state index in [1.54, 1.807) is 0 Å². The Morgan fingerprint density at radius 2 is 1.66 bits per heavy atom. The quantitative estimate of drug-likeness (QED) is 0.704. The molecule has 1 aliphatic rings. The third-order valence-corrected chi connectivity index (χ3v) is 5.31. The molecule has 0 aliphatic carbocycles. The van der Waals surface area contributed by atoms with Gasteiger partial charge in [0.25, 0.3) is 5.91 Å². The van der Waals surface area contributed by atoms with Crippen molar-refractivity contribution in [2.45, 2.75) is 19.5 Å². The fourth-order valence-corrected chi connectivity index (χ4v) is 3.56. The van der Waals surface area contributed by atoms with Gasteiger partial charge in [-0.3, -0.25) is 14.5 Å². The van der Waals surface area contributed by atoms with E-state index in [2.05, 4.69) is 5.32 Å². The van der Waals surface area contributed by atoms with Crippen LogP contribution < -0.4 is 10.1 Å². The molecular weight excluding hydrogens is 423 g/mol. The van der Waals surface area contributed by atoms with Crippen LogP contribution in [0.3, 0.4) is 0 Å². The zero-order valence-corrected chi connectivity index (χ0v) is 17.8. The minimum atomic E-state index is -4.55. The molecule has 0 unspecified atom stereocenters. The number of nitrogens with zero attached hydrogens (tertiary/aromatic N) is 2. The first-order valence-electron chi connectivity index (χ1n) is 10.4.